The van der Waals surface area contributed by atoms with Gasteiger partial charge >= 0.3 is 36.1 Å². The summed E-state index contributed by atoms with van der Waals surface area (Å²) in [6.45, 7) is 5.53. The quantitative estimate of drug-likeness (QED) is 0.121. The van der Waals surface area contributed by atoms with Gasteiger partial charge in [-0.3, -0.25) is 0 Å². The van der Waals surface area contributed by atoms with Crippen molar-refractivity contribution in [1.29, 1.82) is 0 Å². The van der Waals surface area contributed by atoms with Crippen LogP contribution in [0.4, 0.5) is 9.59 Å². The van der Waals surface area contributed by atoms with Gasteiger partial charge in [-0.2, -0.15) is 0 Å². The van der Waals surface area contributed by atoms with Crippen molar-refractivity contribution in [3.8, 4) is 0 Å². The lowest BCUT2D eigenvalue weighted by atomic mass is 9.82. The van der Waals surface area contributed by atoms with Crippen LogP contribution in [0, 0.1) is 11.8 Å². The minimum absolute atomic E-state index is 0.144. The molecule has 0 bridgehead atoms. The largest absolute Gasteiger partial charge is 0.460 e. The third kappa shape index (κ3) is 15.8. The van der Waals surface area contributed by atoms with E-state index in [-0.39, 0.29) is 38.3 Å². The maximum absolute atomic E-state index is 11.8. The van der Waals surface area contributed by atoms with E-state index in [4.69, 9.17) is 18.9 Å². The average molecular weight is 543 g/mol. The Hall–Kier alpha value is -4.10. The van der Waals surface area contributed by atoms with Crippen molar-refractivity contribution in [1.82, 2.24) is 10.6 Å². The van der Waals surface area contributed by atoms with Gasteiger partial charge in [0.15, 0.2) is 13.2 Å². The fraction of sp³-hybridized carbons (Fsp3) is 0.583. The zero-order chi connectivity index (χ0) is 28.2. The molecule has 1 aliphatic carbocycles. The van der Waals surface area contributed by atoms with Gasteiger partial charge in [0.1, 0.15) is 26.4 Å². The Morgan fingerprint density at radius 2 is 0.921 bits per heavy atom. The van der Waals surface area contributed by atoms with E-state index in [1.807, 2.05) is 0 Å². The Labute approximate surface area is 219 Å². The van der Waals surface area contributed by atoms with Crippen LogP contribution in [0.1, 0.15) is 25.7 Å². The molecule has 14 heteroatoms. The fourth-order valence-electron chi connectivity index (χ4n) is 3.24. The van der Waals surface area contributed by atoms with E-state index < -0.39 is 49.3 Å². The average Bonchev–Trinajstić information content (AvgIpc) is 2.93. The lowest BCUT2D eigenvalue weighted by molar-refractivity contribution is -0.156. The predicted octanol–water partition coefficient (Wildman–Crippen LogP) is 0.790. The normalized spacial score (nSPS) is 16.1. The van der Waals surface area contributed by atoms with Crippen LogP contribution in [0.3, 0.4) is 0 Å². The molecule has 0 aromatic heterocycles. The van der Waals surface area contributed by atoms with Crippen LogP contribution in [0.25, 0.3) is 0 Å². The molecule has 0 aromatic rings. The summed E-state index contributed by atoms with van der Waals surface area (Å²) in [7, 11) is 0. The molecule has 0 heterocycles. The summed E-state index contributed by atoms with van der Waals surface area (Å²) in [5.74, 6) is -2.49. The number of rotatable bonds is 16. The molecule has 2 amide bonds. The minimum Gasteiger partial charge on any atom is -0.460 e. The molecule has 0 unspecified atom stereocenters. The second kappa shape index (κ2) is 19.1. The second-order valence-corrected chi connectivity index (χ2v) is 7.99. The molecule has 0 spiro atoms. The molecule has 0 atom stereocenters. The summed E-state index contributed by atoms with van der Waals surface area (Å²) in [5.41, 5.74) is 0. The van der Waals surface area contributed by atoms with Crippen LogP contribution in [0.15, 0.2) is 25.3 Å². The highest BCUT2D eigenvalue weighted by Gasteiger charge is 2.22. The molecule has 1 aliphatic rings. The molecule has 0 aromatic carbocycles. The fourth-order valence-corrected chi connectivity index (χ4v) is 3.24. The molecular formula is C24H34N2O12. The summed E-state index contributed by atoms with van der Waals surface area (Å²) in [4.78, 5) is 67.9. The lowest BCUT2D eigenvalue weighted by Gasteiger charge is -2.28. The van der Waals surface area contributed by atoms with Crippen LogP contribution in [-0.2, 0) is 47.6 Å². The third-order valence-electron chi connectivity index (χ3n) is 5.19. The molecule has 14 nitrogen and oxygen atoms in total. The number of alkyl carbamates (subject to hydrolysis) is 2. The SMILES string of the molecule is C=CC(=O)OCC(=O)OCCOC(=O)NCC1CCC(CNC(=O)OCCOC(=O)COC(=O)C=C)CC1. The Morgan fingerprint density at radius 1 is 0.579 bits per heavy atom. The first-order chi connectivity index (χ1) is 18.2. The van der Waals surface area contributed by atoms with Crippen molar-refractivity contribution in [2.45, 2.75) is 25.7 Å². The molecular weight excluding hydrogens is 508 g/mol. The van der Waals surface area contributed by atoms with Gasteiger partial charge in [0.25, 0.3) is 0 Å². The molecule has 2 N–H and O–H groups in total. The summed E-state index contributed by atoms with van der Waals surface area (Å²) >= 11 is 0. The van der Waals surface area contributed by atoms with Crippen molar-refractivity contribution < 1.29 is 57.2 Å². The number of hydrogen-bond acceptors (Lipinski definition) is 12. The number of amides is 2. The van der Waals surface area contributed by atoms with E-state index in [0.717, 1.165) is 37.8 Å². The van der Waals surface area contributed by atoms with Crippen molar-refractivity contribution >= 4 is 36.1 Å². The van der Waals surface area contributed by atoms with Gasteiger partial charge in [-0.15, -0.1) is 0 Å². The van der Waals surface area contributed by atoms with Crippen molar-refractivity contribution in [2.24, 2.45) is 11.8 Å². The molecule has 0 radical (unpaired) electrons. The number of ether oxygens (including phenoxy) is 6. The molecule has 38 heavy (non-hydrogen) atoms. The van der Waals surface area contributed by atoms with E-state index in [0.29, 0.717) is 13.1 Å². The lowest BCUT2D eigenvalue weighted by Crippen LogP contribution is -2.35. The highest BCUT2D eigenvalue weighted by molar-refractivity contribution is 5.84. The zero-order valence-electron chi connectivity index (χ0n) is 21.1. The number of carbonyl (C=O) groups is 6. The van der Waals surface area contributed by atoms with E-state index in [1.54, 1.807) is 0 Å². The highest BCUT2D eigenvalue weighted by Crippen LogP contribution is 2.27. The van der Waals surface area contributed by atoms with Crippen LogP contribution >= 0.6 is 0 Å². The highest BCUT2D eigenvalue weighted by atomic mass is 16.6. The van der Waals surface area contributed by atoms with Gasteiger partial charge < -0.3 is 39.1 Å². The van der Waals surface area contributed by atoms with Crippen molar-refractivity contribution in [3.63, 3.8) is 0 Å². The number of nitrogens with one attached hydrogen (secondary N) is 2. The van der Waals surface area contributed by atoms with Gasteiger partial charge in [-0.05, 0) is 37.5 Å². The standard InChI is InChI=1S/C24H34N2O12/c1-3-19(27)37-15-21(29)33-9-11-35-23(31)25-13-17-5-7-18(8-6-17)14-26-24(32)36-12-10-34-22(30)16-38-20(28)4-2/h3-4,17-18H,1-2,5-16H2,(H,25,31)(H,26,32). The third-order valence-corrected chi connectivity index (χ3v) is 5.19. The number of esters is 4. The Morgan fingerprint density at radius 3 is 1.26 bits per heavy atom. The van der Waals surface area contributed by atoms with Crippen LogP contribution < -0.4 is 10.6 Å². The smallest absolute Gasteiger partial charge is 0.407 e. The Bertz CT molecular complexity index is 768. The van der Waals surface area contributed by atoms with E-state index in [9.17, 15) is 28.8 Å². The van der Waals surface area contributed by atoms with Crippen molar-refractivity contribution in [2.75, 3.05) is 52.7 Å². The molecule has 1 rings (SSSR count). The molecule has 0 aliphatic heterocycles. The van der Waals surface area contributed by atoms with E-state index in [2.05, 4.69) is 33.3 Å². The first kappa shape index (κ1) is 31.9. The predicted molar refractivity (Wildman–Crippen MR) is 128 cm³/mol. The van der Waals surface area contributed by atoms with Gasteiger partial charge in [-0.25, -0.2) is 28.8 Å². The van der Waals surface area contributed by atoms with E-state index in [1.165, 1.54) is 0 Å². The van der Waals surface area contributed by atoms with E-state index >= 15 is 0 Å². The van der Waals surface area contributed by atoms with Crippen LogP contribution in [0.5, 0.6) is 0 Å². The Balaban J connectivity index is 2.03. The Kier molecular flexibility index (Phi) is 16.0. The van der Waals surface area contributed by atoms with Crippen molar-refractivity contribution in [3.05, 3.63) is 25.3 Å². The van der Waals surface area contributed by atoms with Gasteiger partial charge in [0.05, 0.1) is 0 Å². The summed E-state index contributed by atoms with van der Waals surface area (Å²) < 4.78 is 28.4. The first-order valence-corrected chi connectivity index (χ1v) is 11.9. The van der Waals surface area contributed by atoms with Gasteiger partial charge in [0.2, 0.25) is 0 Å². The number of hydrogen-bond donors (Lipinski definition) is 2. The number of carbonyl (C=O) groups excluding carboxylic acids is 6. The summed E-state index contributed by atoms with van der Waals surface area (Å²) in [6, 6.07) is 0. The first-order valence-electron chi connectivity index (χ1n) is 11.9. The summed E-state index contributed by atoms with van der Waals surface area (Å²) in [6.07, 6.45) is 4.00. The monoisotopic (exact) mass is 542 g/mol. The molecule has 212 valence electrons. The zero-order valence-corrected chi connectivity index (χ0v) is 21.1. The second-order valence-electron chi connectivity index (χ2n) is 7.99. The van der Waals surface area contributed by atoms with Crippen LogP contribution in [0.2, 0.25) is 0 Å². The maximum atomic E-state index is 11.8. The van der Waals surface area contributed by atoms with Crippen LogP contribution in [-0.4, -0.2) is 88.8 Å². The maximum Gasteiger partial charge on any atom is 0.407 e. The minimum atomic E-state index is -0.769. The van der Waals surface area contributed by atoms with Gasteiger partial charge in [-0.1, -0.05) is 13.2 Å². The molecule has 0 saturated heterocycles. The summed E-state index contributed by atoms with van der Waals surface area (Å²) in [5, 5.41) is 5.34. The topological polar surface area (TPSA) is 182 Å². The molecule has 1 fully saturated rings. The molecule has 1 saturated carbocycles. The van der Waals surface area contributed by atoms with Gasteiger partial charge in [0, 0.05) is 25.2 Å².